The van der Waals surface area contributed by atoms with Crippen molar-refractivity contribution in [2.45, 2.75) is 25.3 Å². The molecule has 0 radical (unpaired) electrons. The fraction of sp³-hybridized carbons (Fsp3) is 0.429. The summed E-state index contributed by atoms with van der Waals surface area (Å²) >= 11 is 0. The molecule has 0 aromatic heterocycles. The van der Waals surface area contributed by atoms with Crippen LogP contribution in [0.25, 0.3) is 0 Å². The molecule has 0 heterocycles. The minimum Gasteiger partial charge on any atom is -0.480 e. The zero-order chi connectivity index (χ0) is 14.9. The third kappa shape index (κ3) is 2.59. The van der Waals surface area contributed by atoms with Crippen molar-refractivity contribution in [1.29, 1.82) is 0 Å². The van der Waals surface area contributed by atoms with Crippen LogP contribution in [0.5, 0.6) is 0 Å². The van der Waals surface area contributed by atoms with E-state index < -0.39 is 23.4 Å². The van der Waals surface area contributed by atoms with Crippen molar-refractivity contribution in [3.63, 3.8) is 0 Å². The van der Waals surface area contributed by atoms with Crippen molar-refractivity contribution in [2.24, 2.45) is 5.92 Å². The van der Waals surface area contributed by atoms with Crippen LogP contribution in [0.2, 0.25) is 0 Å². The van der Waals surface area contributed by atoms with Crippen molar-refractivity contribution in [2.75, 3.05) is 11.9 Å². The predicted octanol–water partition coefficient (Wildman–Crippen LogP) is 2.22. The number of amides is 2. The fourth-order valence-electron chi connectivity index (χ4n) is 2.13. The molecule has 0 aliphatic heterocycles. The smallest absolute Gasteiger partial charge is 0.329 e. The number of urea groups is 1. The van der Waals surface area contributed by atoms with Gasteiger partial charge in [0.1, 0.15) is 11.4 Å². The highest BCUT2D eigenvalue weighted by Crippen LogP contribution is 2.39. The molecule has 1 atom stereocenters. The molecule has 1 fully saturated rings. The zero-order valence-corrected chi connectivity index (χ0v) is 11.4. The largest absolute Gasteiger partial charge is 0.480 e. The number of benzene rings is 1. The number of nitrogens with one attached hydrogen (secondary N) is 1. The van der Waals surface area contributed by atoms with Gasteiger partial charge in [-0.1, -0.05) is 12.1 Å². The van der Waals surface area contributed by atoms with Crippen LogP contribution in [0.3, 0.4) is 0 Å². The number of carboxylic acid groups (broad SMARTS) is 1. The number of hydrogen-bond acceptors (Lipinski definition) is 2. The normalized spacial score (nSPS) is 17.1. The van der Waals surface area contributed by atoms with Crippen LogP contribution in [0, 0.1) is 11.7 Å². The van der Waals surface area contributed by atoms with Crippen LogP contribution in [-0.4, -0.2) is 29.7 Å². The molecule has 1 aliphatic carbocycles. The monoisotopic (exact) mass is 280 g/mol. The standard InChI is InChI=1S/C14H17FN2O3/c1-14(12(18)19,9-7-8-9)16-13(20)17(2)11-6-4-3-5-10(11)15/h3-6,9H,7-8H2,1-2H3,(H,16,20)(H,18,19). The van der Waals surface area contributed by atoms with Gasteiger partial charge in [0.15, 0.2) is 0 Å². The highest BCUT2D eigenvalue weighted by molar-refractivity contribution is 5.95. The number of para-hydroxylation sites is 1. The van der Waals surface area contributed by atoms with E-state index in [-0.39, 0.29) is 11.6 Å². The van der Waals surface area contributed by atoms with Gasteiger partial charge >= 0.3 is 12.0 Å². The van der Waals surface area contributed by atoms with Crippen molar-refractivity contribution < 1.29 is 19.1 Å². The average Bonchev–Trinajstić information content (AvgIpc) is 3.22. The van der Waals surface area contributed by atoms with Crippen molar-refractivity contribution >= 4 is 17.7 Å². The number of carboxylic acids is 1. The van der Waals surface area contributed by atoms with Gasteiger partial charge in [-0.3, -0.25) is 4.90 Å². The molecule has 6 heteroatoms. The van der Waals surface area contributed by atoms with Crippen molar-refractivity contribution in [3.05, 3.63) is 30.1 Å². The van der Waals surface area contributed by atoms with Gasteiger partial charge in [-0.2, -0.15) is 0 Å². The Morgan fingerprint density at radius 1 is 1.40 bits per heavy atom. The quantitative estimate of drug-likeness (QED) is 0.888. The molecule has 1 saturated carbocycles. The van der Waals surface area contributed by atoms with E-state index in [1.54, 1.807) is 6.07 Å². The number of carbonyl (C=O) groups is 2. The molecule has 2 N–H and O–H groups in total. The number of aliphatic carboxylic acids is 1. The van der Waals surface area contributed by atoms with Gasteiger partial charge in [0.2, 0.25) is 0 Å². The van der Waals surface area contributed by atoms with Gasteiger partial charge in [-0.25, -0.2) is 14.0 Å². The van der Waals surface area contributed by atoms with E-state index in [0.717, 1.165) is 17.7 Å². The Labute approximate surface area is 116 Å². The van der Waals surface area contributed by atoms with Gasteiger partial charge < -0.3 is 10.4 Å². The number of nitrogens with zero attached hydrogens (tertiary/aromatic N) is 1. The maximum atomic E-state index is 13.6. The van der Waals surface area contributed by atoms with Crippen molar-refractivity contribution in [3.8, 4) is 0 Å². The highest BCUT2D eigenvalue weighted by Gasteiger charge is 2.49. The third-order valence-corrected chi connectivity index (χ3v) is 3.72. The van der Waals surface area contributed by atoms with E-state index in [4.69, 9.17) is 0 Å². The summed E-state index contributed by atoms with van der Waals surface area (Å²) in [6.45, 7) is 1.49. The highest BCUT2D eigenvalue weighted by atomic mass is 19.1. The minimum absolute atomic E-state index is 0.0713. The molecular formula is C14H17FN2O3. The van der Waals surface area contributed by atoms with Crippen LogP contribution in [0.15, 0.2) is 24.3 Å². The summed E-state index contributed by atoms with van der Waals surface area (Å²) in [5.41, 5.74) is -1.20. The fourth-order valence-corrected chi connectivity index (χ4v) is 2.13. The molecule has 1 aromatic rings. The Morgan fingerprint density at radius 2 is 2.00 bits per heavy atom. The molecule has 0 bridgehead atoms. The van der Waals surface area contributed by atoms with Gasteiger partial charge in [-0.05, 0) is 37.8 Å². The Bertz CT molecular complexity index is 545. The molecule has 1 aliphatic rings. The molecule has 0 spiro atoms. The summed E-state index contributed by atoms with van der Waals surface area (Å²) < 4.78 is 13.6. The first-order chi connectivity index (χ1) is 9.36. The molecule has 1 aromatic carbocycles. The number of carbonyl (C=O) groups excluding carboxylic acids is 1. The average molecular weight is 280 g/mol. The first-order valence-corrected chi connectivity index (χ1v) is 6.40. The summed E-state index contributed by atoms with van der Waals surface area (Å²) in [6.07, 6.45) is 1.54. The first-order valence-electron chi connectivity index (χ1n) is 6.40. The molecule has 2 amide bonds. The third-order valence-electron chi connectivity index (χ3n) is 3.72. The number of halogens is 1. The van der Waals surface area contributed by atoms with Crippen LogP contribution >= 0.6 is 0 Å². The summed E-state index contributed by atoms with van der Waals surface area (Å²) in [4.78, 5) is 24.6. The second-order valence-corrected chi connectivity index (χ2v) is 5.22. The van der Waals surface area contributed by atoms with Gasteiger partial charge in [0.05, 0.1) is 5.69 Å². The molecular weight excluding hydrogens is 263 g/mol. The molecule has 5 nitrogen and oxygen atoms in total. The Morgan fingerprint density at radius 3 is 2.50 bits per heavy atom. The van der Waals surface area contributed by atoms with Crippen LogP contribution < -0.4 is 10.2 Å². The lowest BCUT2D eigenvalue weighted by atomic mass is 9.96. The first kappa shape index (κ1) is 14.3. The predicted molar refractivity (Wildman–Crippen MR) is 72.1 cm³/mol. The van der Waals surface area contributed by atoms with Gasteiger partial charge in [0, 0.05) is 7.05 Å². The second kappa shape index (κ2) is 5.11. The maximum Gasteiger partial charge on any atom is 0.329 e. The number of anilines is 1. The Hall–Kier alpha value is -2.11. The van der Waals surface area contributed by atoms with E-state index in [0.29, 0.717) is 0 Å². The maximum absolute atomic E-state index is 13.6. The summed E-state index contributed by atoms with van der Waals surface area (Å²) in [6, 6.07) is 5.21. The topological polar surface area (TPSA) is 69.6 Å². The van der Waals surface area contributed by atoms with Crippen LogP contribution in [0.1, 0.15) is 19.8 Å². The molecule has 1 unspecified atom stereocenters. The van der Waals surface area contributed by atoms with Crippen molar-refractivity contribution in [1.82, 2.24) is 5.32 Å². The molecule has 108 valence electrons. The molecule has 20 heavy (non-hydrogen) atoms. The van der Waals surface area contributed by atoms with Crippen LogP contribution in [-0.2, 0) is 4.79 Å². The minimum atomic E-state index is -1.31. The van der Waals surface area contributed by atoms with E-state index in [1.165, 1.54) is 32.2 Å². The molecule has 0 saturated heterocycles. The Kier molecular flexibility index (Phi) is 3.65. The summed E-state index contributed by atoms with van der Waals surface area (Å²) in [5.74, 6) is -1.68. The summed E-state index contributed by atoms with van der Waals surface area (Å²) in [7, 11) is 1.41. The van der Waals surface area contributed by atoms with Gasteiger partial charge in [0.25, 0.3) is 0 Å². The SMILES string of the molecule is CN(C(=O)NC(C)(C(=O)O)C1CC1)c1ccccc1F. The second-order valence-electron chi connectivity index (χ2n) is 5.22. The Balaban J connectivity index is 2.15. The van der Waals surface area contributed by atoms with E-state index in [2.05, 4.69) is 5.32 Å². The van der Waals surface area contributed by atoms with E-state index >= 15 is 0 Å². The zero-order valence-electron chi connectivity index (χ0n) is 11.4. The lowest BCUT2D eigenvalue weighted by Gasteiger charge is -2.29. The van der Waals surface area contributed by atoms with E-state index in [1.807, 2.05) is 0 Å². The number of hydrogen-bond donors (Lipinski definition) is 2. The summed E-state index contributed by atoms with van der Waals surface area (Å²) in [5, 5.41) is 11.8. The lowest BCUT2D eigenvalue weighted by molar-refractivity contribution is -0.144. The molecule has 2 rings (SSSR count). The van der Waals surface area contributed by atoms with Crippen LogP contribution in [0.4, 0.5) is 14.9 Å². The number of rotatable bonds is 4. The van der Waals surface area contributed by atoms with E-state index in [9.17, 15) is 19.1 Å². The van der Waals surface area contributed by atoms with Gasteiger partial charge in [-0.15, -0.1) is 0 Å². The lowest BCUT2D eigenvalue weighted by Crippen LogP contribution is -2.57.